The van der Waals surface area contributed by atoms with E-state index in [2.05, 4.69) is 41.2 Å². The van der Waals surface area contributed by atoms with E-state index in [1.54, 1.807) is 6.92 Å². The SMILES string of the molecule is C=C(C)C(O)OCCCOC(=O)C(C)(CC(C)CC)CC(C)(C)CC. The molecule has 3 unspecified atom stereocenters. The second-order valence-electron chi connectivity index (χ2n) is 8.53. The summed E-state index contributed by atoms with van der Waals surface area (Å²) in [7, 11) is 0. The zero-order valence-corrected chi connectivity index (χ0v) is 17.5. The fourth-order valence-electron chi connectivity index (χ4n) is 3.06. The lowest BCUT2D eigenvalue weighted by atomic mass is 9.69. The first-order valence-corrected chi connectivity index (χ1v) is 9.59. The first kappa shape index (κ1) is 24.1. The molecule has 0 saturated carbocycles. The molecule has 0 amide bonds. The average Bonchev–Trinajstić information content (AvgIpc) is 2.53. The molecule has 0 aliphatic carbocycles. The smallest absolute Gasteiger partial charge is 0.311 e. The van der Waals surface area contributed by atoms with Crippen molar-refractivity contribution in [3.63, 3.8) is 0 Å². The molecular weight excluding hydrogens is 316 g/mol. The van der Waals surface area contributed by atoms with Gasteiger partial charge in [0.2, 0.25) is 0 Å². The maximum absolute atomic E-state index is 12.8. The maximum Gasteiger partial charge on any atom is 0.311 e. The quantitative estimate of drug-likeness (QED) is 0.216. The Kier molecular flexibility index (Phi) is 10.6. The van der Waals surface area contributed by atoms with Gasteiger partial charge in [0, 0.05) is 6.42 Å². The van der Waals surface area contributed by atoms with E-state index in [1.807, 2.05) is 6.92 Å². The first-order chi connectivity index (χ1) is 11.5. The van der Waals surface area contributed by atoms with E-state index in [-0.39, 0.29) is 11.4 Å². The van der Waals surface area contributed by atoms with Crippen LogP contribution in [-0.4, -0.2) is 30.6 Å². The van der Waals surface area contributed by atoms with Gasteiger partial charge in [-0.1, -0.05) is 54.0 Å². The number of hydrogen-bond donors (Lipinski definition) is 1. The van der Waals surface area contributed by atoms with Crippen LogP contribution in [0.2, 0.25) is 0 Å². The molecule has 0 radical (unpaired) electrons. The van der Waals surface area contributed by atoms with Gasteiger partial charge in [-0.3, -0.25) is 4.79 Å². The second kappa shape index (κ2) is 11.0. The number of aliphatic hydroxyl groups is 1. The Balaban J connectivity index is 4.64. The molecule has 4 nitrogen and oxygen atoms in total. The van der Waals surface area contributed by atoms with Crippen LogP contribution in [-0.2, 0) is 14.3 Å². The van der Waals surface area contributed by atoms with E-state index in [1.165, 1.54) is 0 Å². The highest BCUT2D eigenvalue weighted by atomic mass is 16.6. The third kappa shape index (κ3) is 9.41. The minimum atomic E-state index is -0.947. The van der Waals surface area contributed by atoms with Crippen LogP contribution in [0.15, 0.2) is 12.2 Å². The van der Waals surface area contributed by atoms with Gasteiger partial charge < -0.3 is 14.6 Å². The van der Waals surface area contributed by atoms with Crippen molar-refractivity contribution in [2.45, 2.75) is 86.9 Å². The summed E-state index contributed by atoms with van der Waals surface area (Å²) in [5.41, 5.74) is 0.211. The average molecular weight is 357 g/mol. The van der Waals surface area contributed by atoms with Crippen molar-refractivity contribution in [2.75, 3.05) is 13.2 Å². The minimum absolute atomic E-state index is 0.107. The highest BCUT2D eigenvalue weighted by Crippen LogP contribution is 2.41. The predicted molar refractivity (Wildman–Crippen MR) is 103 cm³/mol. The maximum atomic E-state index is 12.8. The predicted octanol–water partition coefficient (Wildman–Crippen LogP) is 5.10. The van der Waals surface area contributed by atoms with Crippen LogP contribution in [0.3, 0.4) is 0 Å². The number of esters is 1. The molecule has 1 N–H and O–H groups in total. The van der Waals surface area contributed by atoms with E-state index in [4.69, 9.17) is 9.47 Å². The fourth-order valence-corrected chi connectivity index (χ4v) is 3.06. The Morgan fingerprint density at radius 2 is 1.80 bits per heavy atom. The number of ether oxygens (including phenoxy) is 2. The molecule has 0 aromatic carbocycles. The summed E-state index contributed by atoms with van der Waals surface area (Å²) in [6, 6.07) is 0. The van der Waals surface area contributed by atoms with Gasteiger partial charge in [0.05, 0.1) is 18.6 Å². The van der Waals surface area contributed by atoms with Gasteiger partial charge in [-0.2, -0.15) is 0 Å². The van der Waals surface area contributed by atoms with E-state index in [0.717, 1.165) is 25.7 Å². The number of hydrogen-bond acceptors (Lipinski definition) is 4. The highest BCUT2D eigenvalue weighted by Gasteiger charge is 2.40. The highest BCUT2D eigenvalue weighted by molar-refractivity contribution is 5.76. The lowest BCUT2D eigenvalue weighted by Crippen LogP contribution is -2.36. The lowest BCUT2D eigenvalue weighted by Gasteiger charge is -2.37. The molecule has 0 bridgehead atoms. The van der Waals surface area contributed by atoms with Gasteiger partial charge in [0.25, 0.3) is 0 Å². The Bertz CT molecular complexity index is 416. The number of rotatable bonds is 13. The summed E-state index contributed by atoms with van der Waals surface area (Å²) in [6.45, 7) is 19.0. The van der Waals surface area contributed by atoms with E-state index in [0.29, 0.717) is 31.1 Å². The summed E-state index contributed by atoms with van der Waals surface area (Å²) in [5.74, 6) is 0.369. The molecule has 0 rings (SSSR count). The first-order valence-electron chi connectivity index (χ1n) is 9.59. The molecule has 25 heavy (non-hydrogen) atoms. The number of aliphatic hydroxyl groups excluding tert-OH is 1. The molecule has 0 aromatic heterocycles. The molecule has 0 aliphatic heterocycles. The number of carbonyl (C=O) groups is 1. The Labute approximate surface area is 155 Å². The Morgan fingerprint density at radius 3 is 2.28 bits per heavy atom. The van der Waals surface area contributed by atoms with Gasteiger partial charge >= 0.3 is 5.97 Å². The largest absolute Gasteiger partial charge is 0.465 e. The van der Waals surface area contributed by atoms with Crippen molar-refractivity contribution in [1.29, 1.82) is 0 Å². The van der Waals surface area contributed by atoms with Gasteiger partial charge in [-0.15, -0.1) is 0 Å². The summed E-state index contributed by atoms with van der Waals surface area (Å²) in [4.78, 5) is 12.8. The van der Waals surface area contributed by atoms with Gasteiger partial charge in [0.1, 0.15) is 0 Å². The molecule has 0 spiro atoms. The molecule has 148 valence electrons. The third-order valence-electron chi connectivity index (χ3n) is 5.03. The van der Waals surface area contributed by atoms with Crippen LogP contribution in [0.5, 0.6) is 0 Å². The zero-order chi connectivity index (χ0) is 19.7. The molecule has 4 heteroatoms. The van der Waals surface area contributed by atoms with Crippen LogP contribution in [0.4, 0.5) is 0 Å². The number of carbonyl (C=O) groups excluding carboxylic acids is 1. The lowest BCUT2D eigenvalue weighted by molar-refractivity contribution is -0.159. The van der Waals surface area contributed by atoms with Crippen LogP contribution in [0.25, 0.3) is 0 Å². The normalized spacial score (nSPS) is 16.8. The van der Waals surface area contributed by atoms with Crippen molar-refractivity contribution in [2.24, 2.45) is 16.7 Å². The van der Waals surface area contributed by atoms with E-state index >= 15 is 0 Å². The van der Waals surface area contributed by atoms with Gasteiger partial charge in [-0.05, 0) is 43.6 Å². The zero-order valence-electron chi connectivity index (χ0n) is 17.5. The molecule has 0 aliphatic rings. The van der Waals surface area contributed by atoms with Gasteiger partial charge in [-0.25, -0.2) is 0 Å². The van der Waals surface area contributed by atoms with Gasteiger partial charge in [0.15, 0.2) is 6.29 Å². The Hall–Kier alpha value is -0.870. The van der Waals surface area contributed by atoms with Crippen LogP contribution in [0, 0.1) is 16.7 Å². The van der Waals surface area contributed by atoms with Crippen LogP contribution in [0.1, 0.15) is 80.6 Å². The van der Waals surface area contributed by atoms with E-state index < -0.39 is 11.7 Å². The van der Waals surface area contributed by atoms with Crippen molar-refractivity contribution >= 4 is 5.97 Å². The third-order valence-corrected chi connectivity index (χ3v) is 5.03. The summed E-state index contributed by atoms with van der Waals surface area (Å²) in [6.07, 6.45) is 3.37. The van der Waals surface area contributed by atoms with Crippen molar-refractivity contribution in [1.82, 2.24) is 0 Å². The van der Waals surface area contributed by atoms with E-state index in [9.17, 15) is 9.90 Å². The molecule has 0 saturated heterocycles. The molecule has 0 heterocycles. The topological polar surface area (TPSA) is 55.8 Å². The summed E-state index contributed by atoms with van der Waals surface area (Å²) >= 11 is 0. The molecule has 0 aromatic rings. The summed E-state index contributed by atoms with van der Waals surface area (Å²) in [5, 5.41) is 9.52. The van der Waals surface area contributed by atoms with Crippen LogP contribution < -0.4 is 0 Å². The monoisotopic (exact) mass is 356 g/mol. The van der Waals surface area contributed by atoms with Crippen molar-refractivity contribution in [3.8, 4) is 0 Å². The van der Waals surface area contributed by atoms with Crippen molar-refractivity contribution < 1.29 is 19.4 Å². The summed E-state index contributed by atoms with van der Waals surface area (Å²) < 4.78 is 10.8. The standard InChI is InChI=1S/C21H40O4/c1-9-17(5)14-21(8,15-20(6,7)10-2)19(23)25-13-11-12-24-18(22)16(3)4/h17-18,22H,3,9-15H2,1-2,4-8H3. The van der Waals surface area contributed by atoms with Crippen LogP contribution >= 0.6 is 0 Å². The Morgan fingerprint density at radius 1 is 1.20 bits per heavy atom. The van der Waals surface area contributed by atoms with Crippen molar-refractivity contribution in [3.05, 3.63) is 12.2 Å². The second-order valence-corrected chi connectivity index (χ2v) is 8.53. The molecule has 0 fully saturated rings. The minimum Gasteiger partial charge on any atom is -0.465 e. The fraction of sp³-hybridized carbons (Fsp3) is 0.857. The molecular formula is C21H40O4. The molecule has 3 atom stereocenters.